The molecule has 0 aromatic carbocycles. The van der Waals surface area contributed by atoms with Crippen LogP contribution in [0.1, 0.15) is 6.92 Å². The van der Waals surface area contributed by atoms with Gasteiger partial charge in [-0.25, -0.2) is 4.98 Å². The van der Waals surface area contributed by atoms with E-state index in [1.165, 1.54) is 6.33 Å². The summed E-state index contributed by atoms with van der Waals surface area (Å²) in [6.45, 7) is 1.65. The molecule has 1 aromatic heterocycles. The lowest BCUT2D eigenvalue weighted by Crippen LogP contribution is -2.14. The molecule has 1 atom stereocenters. The van der Waals surface area contributed by atoms with E-state index < -0.39 is 11.7 Å². The molecule has 0 spiro atoms. The van der Waals surface area contributed by atoms with Crippen molar-refractivity contribution in [1.29, 1.82) is 0 Å². The standard InChI is InChI=1S/C8H7ClN2O2/c1-3-5(2)13-8-6(9)7(12)10-4-11-8/h1,4-5H,2H3,(H,10,11,12). The minimum absolute atomic E-state index is 0.0517. The highest BCUT2D eigenvalue weighted by Crippen LogP contribution is 2.15. The van der Waals surface area contributed by atoms with Crippen LogP contribution < -0.4 is 10.3 Å². The van der Waals surface area contributed by atoms with E-state index in [1.807, 2.05) is 0 Å². The minimum Gasteiger partial charge on any atom is -0.460 e. The number of nitrogens with zero attached hydrogens (tertiary/aromatic N) is 1. The highest BCUT2D eigenvalue weighted by molar-refractivity contribution is 6.31. The molecule has 1 unspecified atom stereocenters. The second-order valence-corrected chi connectivity index (χ2v) is 2.66. The van der Waals surface area contributed by atoms with E-state index in [1.54, 1.807) is 6.92 Å². The Morgan fingerprint density at radius 2 is 2.54 bits per heavy atom. The minimum atomic E-state index is -0.466. The number of aromatic nitrogens is 2. The van der Waals surface area contributed by atoms with Crippen molar-refractivity contribution in [3.8, 4) is 18.2 Å². The van der Waals surface area contributed by atoms with Gasteiger partial charge >= 0.3 is 0 Å². The summed E-state index contributed by atoms with van der Waals surface area (Å²) >= 11 is 5.59. The first-order chi connectivity index (χ1) is 6.15. The fourth-order valence-corrected chi connectivity index (χ4v) is 0.798. The maximum absolute atomic E-state index is 11.0. The number of aromatic amines is 1. The van der Waals surface area contributed by atoms with Crippen LogP contribution in [0.5, 0.6) is 5.88 Å². The summed E-state index contributed by atoms with van der Waals surface area (Å²) in [5.41, 5.74) is -0.448. The fraction of sp³-hybridized carbons (Fsp3) is 0.250. The van der Waals surface area contributed by atoms with Crippen molar-refractivity contribution in [2.75, 3.05) is 0 Å². The first-order valence-electron chi connectivity index (χ1n) is 3.51. The molecule has 1 heterocycles. The molecule has 0 fully saturated rings. The molecule has 13 heavy (non-hydrogen) atoms. The molecular formula is C8H7ClN2O2. The monoisotopic (exact) mass is 198 g/mol. The van der Waals surface area contributed by atoms with Gasteiger partial charge in [-0.05, 0) is 6.92 Å². The number of H-pyrrole nitrogens is 1. The van der Waals surface area contributed by atoms with Crippen molar-refractivity contribution in [3.63, 3.8) is 0 Å². The van der Waals surface area contributed by atoms with Gasteiger partial charge in [0.1, 0.15) is 0 Å². The summed E-state index contributed by atoms with van der Waals surface area (Å²) in [7, 11) is 0. The van der Waals surface area contributed by atoms with Crippen molar-refractivity contribution in [3.05, 3.63) is 21.7 Å². The fourth-order valence-electron chi connectivity index (χ4n) is 0.650. The summed E-state index contributed by atoms with van der Waals surface area (Å²) in [4.78, 5) is 17.0. The Hall–Kier alpha value is -1.47. The normalized spacial score (nSPS) is 11.8. The Balaban J connectivity index is 2.97. The maximum Gasteiger partial charge on any atom is 0.273 e. The van der Waals surface area contributed by atoms with Crippen molar-refractivity contribution >= 4 is 11.6 Å². The lowest BCUT2D eigenvalue weighted by molar-refractivity contribution is 0.267. The smallest absolute Gasteiger partial charge is 0.273 e. The summed E-state index contributed by atoms with van der Waals surface area (Å²) in [6, 6.07) is 0. The Morgan fingerprint density at radius 1 is 1.85 bits per heavy atom. The van der Waals surface area contributed by atoms with Crippen LogP contribution in [0.25, 0.3) is 0 Å². The van der Waals surface area contributed by atoms with Crippen LogP contribution in [0, 0.1) is 12.3 Å². The number of nitrogens with one attached hydrogen (secondary N) is 1. The predicted octanol–water partition coefficient (Wildman–Crippen LogP) is 0.824. The molecule has 0 saturated carbocycles. The van der Waals surface area contributed by atoms with Crippen LogP contribution in [-0.2, 0) is 0 Å². The summed E-state index contributed by atoms with van der Waals surface area (Å²) < 4.78 is 5.08. The van der Waals surface area contributed by atoms with Crippen LogP contribution in [0.2, 0.25) is 5.02 Å². The zero-order chi connectivity index (χ0) is 9.84. The lowest BCUT2D eigenvalue weighted by Gasteiger charge is -2.07. The summed E-state index contributed by atoms with van der Waals surface area (Å²) in [5, 5.41) is -0.0930. The third-order valence-electron chi connectivity index (χ3n) is 1.29. The lowest BCUT2D eigenvalue weighted by atomic mass is 10.4. The van der Waals surface area contributed by atoms with E-state index in [2.05, 4.69) is 15.9 Å². The van der Waals surface area contributed by atoms with Gasteiger partial charge in [-0.15, -0.1) is 6.42 Å². The molecule has 0 amide bonds. The number of hydrogen-bond acceptors (Lipinski definition) is 3. The Morgan fingerprint density at radius 3 is 3.15 bits per heavy atom. The van der Waals surface area contributed by atoms with Gasteiger partial charge in [-0.3, -0.25) is 4.79 Å². The third-order valence-corrected chi connectivity index (χ3v) is 1.62. The average Bonchev–Trinajstić information content (AvgIpc) is 2.13. The number of halogens is 1. The molecule has 0 radical (unpaired) electrons. The third kappa shape index (κ3) is 2.23. The Bertz CT molecular complexity index is 394. The Kier molecular flexibility index (Phi) is 2.93. The molecular weight excluding hydrogens is 192 g/mol. The Labute approximate surface area is 79.9 Å². The van der Waals surface area contributed by atoms with Crippen molar-refractivity contribution in [1.82, 2.24) is 9.97 Å². The van der Waals surface area contributed by atoms with Gasteiger partial charge in [0.05, 0.1) is 6.33 Å². The van der Waals surface area contributed by atoms with Crippen molar-refractivity contribution < 1.29 is 4.74 Å². The second-order valence-electron chi connectivity index (χ2n) is 2.28. The maximum atomic E-state index is 11.0. The second kappa shape index (κ2) is 3.97. The van der Waals surface area contributed by atoms with E-state index in [4.69, 9.17) is 22.8 Å². The van der Waals surface area contributed by atoms with Gasteiger partial charge < -0.3 is 9.72 Å². The molecule has 1 N–H and O–H groups in total. The molecule has 0 aliphatic rings. The molecule has 0 aliphatic heterocycles. The highest BCUT2D eigenvalue weighted by atomic mass is 35.5. The van der Waals surface area contributed by atoms with Crippen LogP contribution in [0.4, 0.5) is 0 Å². The van der Waals surface area contributed by atoms with Crippen LogP contribution in [0.3, 0.4) is 0 Å². The summed E-state index contributed by atoms with van der Waals surface area (Å²) in [5.74, 6) is 2.38. The molecule has 68 valence electrons. The zero-order valence-electron chi connectivity index (χ0n) is 6.87. The molecule has 1 aromatic rings. The van der Waals surface area contributed by atoms with Crippen molar-refractivity contribution in [2.24, 2.45) is 0 Å². The van der Waals surface area contributed by atoms with Gasteiger partial charge in [-0.2, -0.15) is 0 Å². The van der Waals surface area contributed by atoms with E-state index in [0.29, 0.717) is 0 Å². The first kappa shape index (κ1) is 9.62. The van der Waals surface area contributed by atoms with E-state index >= 15 is 0 Å². The predicted molar refractivity (Wildman–Crippen MR) is 48.8 cm³/mol. The van der Waals surface area contributed by atoms with Crippen LogP contribution >= 0.6 is 11.6 Å². The van der Waals surface area contributed by atoms with Crippen molar-refractivity contribution in [2.45, 2.75) is 13.0 Å². The summed E-state index contributed by atoms with van der Waals surface area (Å²) in [6.07, 6.45) is 5.81. The first-order valence-corrected chi connectivity index (χ1v) is 3.89. The van der Waals surface area contributed by atoms with Gasteiger partial charge in [0.15, 0.2) is 11.1 Å². The van der Waals surface area contributed by atoms with Crippen LogP contribution in [0.15, 0.2) is 11.1 Å². The zero-order valence-corrected chi connectivity index (χ0v) is 7.63. The number of rotatable bonds is 2. The van der Waals surface area contributed by atoms with Gasteiger partial charge in [-0.1, -0.05) is 17.5 Å². The topological polar surface area (TPSA) is 55.0 Å². The highest BCUT2D eigenvalue weighted by Gasteiger charge is 2.08. The number of ether oxygens (including phenoxy) is 1. The molecule has 1 rings (SSSR count). The molecule has 4 nitrogen and oxygen atoms in total. The van der Waals surface area contributed by atoms with E-state index in [0.717, 1.165) is 0 Å². The molecule has 5 heteroatoms. The SMILES string of the molecule is C#CC(C)Oc1nc[nH]c(=O)c1Cl. The van der Waals surface area contributed by atoms with E-state index in [9.17, 15) is 4.79 Å². The van der Waals surface area contributed by atoms with Gasteiger partial charge in [0.25, 0.3) is 5.56 Å². The molecule has 0 aliphatic carbocycles. The quantitative estimate of drug-likeness (QED) is 0.716. The molecule has 0 saturated heterocycles. The van der Waals surface area contributed by atoms with E-state index in [-0.39, 0.29) is 10.9 Å². The van der Waals surface area contributed by atoms with Gasteiger partial charge in [0.2, 0.25) is 5.88 Å². The largest absolute Gasteiger partial charge is 0.460 e. The number of terminal acetylenes is 1. The van der Waals surface area contributed by atoms with Gasteiger partial charge in [0, 0.05) is 0 Å². The average molecular weight is 199 g/mol. The molecule has 0 bridgehead atoms. The van der Waals surface area contributed by atoms with Crippen LogP contribution in [-0.4, -0.2) is 16.1 Å². The number of hydrogen-bond donors (Lipinski definition) is 1.